The number of hydrogen-bond donors (Lipinski definition) is 4. The van der Waals surface area contributed by atoms with Crippen molar-refractivity contribution in [3.63, 3.8) is 0 Å². The molecular formula is C22H23N5O3S. The molecule has 5 N–H and O–H groups in total. The average Bonchev–Trinajstić information content (AvgIpc) is 2.74. The van der Waals surface area contributed by atoms with E-state index in [4.69, 9.17) is 5.73 Å². The molecule has 0 atom stereocenters. The second-order valence-electron chi connectivity index (χ2n) is 7.00. The summed E-state index contributed by atoms with van der Waals surface area (Å²) in [7, 11) is 0. The fourth-order valence-corrected chi connectivity index (χ4v) is 3.34. The molecule has 3 aromatic rings. The van der Waals surface area contributed by atoms with Crippen LogP contribution in [-0.2, 0) is 11.3 Å². The molecule has 0 fully saturated rings. The molecule has 3 rings (SSSR count). The topological polar surface area (TPSA) is 130 Å². The summed E-state index contributed by atoms with van der Waals surface area (Å²) in [5, 5.41) is 5.50. The highest BCUT2D eigenvalue weighted by Gasteiger charge is 2.14. The van der Waals surface area contributed by atoms with Crippen molar-refractivity contribution in [2.45, 2.75) is 25.5 Å². The number of thioether (sulfide) groups is 1. The first kappa shape index (κ1) is 22.1. The third kappa shape index (κ3) is 6.19. The van der Waals surface area contributed by atoms with Gasteiger partial charge in [-0.25, -0.2) is 4.98 Å². The number of nitrogen functional groups attached to an aromatic ring is 1. The van der Waals surface area contributed by atoms with Gasteiger partial charge >= 0.3 is 0 Å². The zero-order chi connectivity index (χ0) is 22.4. The molecule has 0 bridgehead atoms. The van der Waals surface area contributed by atoms with Crippen molar-refractivity contribution in [1.82, 2.24) is 15.3 Å². The second kappa shape index (κ2) is 9.94. The van der Waals surface area contributed by atoms with Crippen LogP contribution in [0.1, 0.15) is 27.0 Å². The van der Waals surface area contributed by atoms with Crippen LogP contribution in [0.2, 0.25) is 0 Å². The van der Waals surface area contributed by atoms with E-state index >= 15 is 0 Å². The molecule has 1 aromatic heterocycles. The summed E-state index contributed by atoms with van der Waals surface area (Å²) in [5.74, 6) is -0.728. The van der Waals surface area contributed by atoms with Gasteiger partial charge in [0.2, 0.25) is 5.91 Å². The van der Waals surface area contributed by atoms with E-state index in [1.165, 1.54) is 0 Å². The monoisotopic (exact) mass is 437 g/mol. The molecule has 0 spiro atoms. The smallest absolute Gasteiger partial charge is 0.277 e. The maximum absolute atomic E-state index is 12.4. The number of carbonyl (C=O) groups is 2. The molecule has 0 radical (unpaired) electrons. The molecule has 0 saturated heterocycles. The van der Waals surface area contributed by atoms with E-state index in [2.05, 4.69) is 20.6 Å². The third-order valence-corrected chi connectivity index (χ3v) is 5.30. The molecule has 160 valence electrons. The van der Waals surface area contributed by atoms with Crippen LogP contribution in [0.15, 0.2) is 58.5 Å². The summed E-state index contributed by atoms with van der Waals surface area (Å²) < 4.78 is 0. The number of amides is 2. The molecule has 0 aliphatic rings. The zero-order valence-electron chi connectivity index (χ0n) is 17.2. The van der Waals surface area contributed by atoms with Crippen molar-refractivity contribution in [1.29, 1.82) is 0 Å². The quantitative estimate of drug-likeness (QED) is 0.332. The van der Waals surface area contributed by atoms with E-state index in [1.807, 2.05) is 38.1 Å². The van der Waals surface area contributed by atoms with Crippen LogP contribution >= 0.6 is 11.8 Å². The number of hydrogen-bond acceptors (Lipinski definition) is 6. The van der Waals surface area contributed by atoms with Crippen molar-refractivity contribution >= 4 is 35.1 Å². The number of aromatic nitrogens is 2. The first-order valence-corrected chi connectivity index (χ1v) is 10.5. The van der Waals surface area contributed by atoms with E-state index < -0.39 is 11.5 Å². The zero-order valence-corrected chi connectivity index (χ0v) is 18.0. The number of nitrogens with one attached hydrogen (secondary N) is 3. The molecule has 0 aliphatic carbocycles. The number of aryl methyl sites for hydroxylation is 2. The van der Waals surface area contributed by atoms with Gasteiger partial charge in [-0.15, -0.1) is 0 Å². The Morgan fingerprint density at radius 1 is 1.03 bits per heavy atom. The van der Waals surface area contributed by atoms with E-state index in [0.717, 1.165) is 28.5 Å². The number of rotatable bonds is 7. The fourth-order valence-electron chi connectivity index (χ4n) is 2.64. The largest absolute Gasteiger partial charge is 0.382 e. The van der Waals surface area contributed by atoms with Gasteiger partial charge in [-0.05, 0) is 31.5 Å². The van der Waals surface area contributed by atoms with Crippen LogP contribution < -0.4 is 21.9 Å². The normalized spacial score (nSPS) is 10.5. The van der Waals surface area contributed by atoms with Crippen LogP contribution in [0.5, 0.6) is 0 Å². The van der Waals surface area contributed by atoms with Crippen molar-refractivity contribution < 1.29 is 9.59 Å². The lowest BCUT2D eigenvalue weighted by Crippen LogP contribution is -2.25. The summed E-state index contributed by atoms with van der Waals surface area (Å²) in [6.45, 7) is 4.32. The molecular weight excluding hydrogens is 414 g/mol. The van der Waals surface area contributed by atoms with Crippen LogP contribution in [-0.4, -0.2) is 27.5 Å². The lowest BCUT2D eigenvalue weighted by atomic mass is 10.1. The van der Waals surface area contributed by atoms with Gasteiger partial charge < -0.3 is 16.4 Å². The molecule has 31 heavy (non-hydrogen) atoms. The molecule has 0 unspecified atom stereocenters. The number of carbonyl (C=O) groups excluding carboxylic acids is 2. The molecule has 1 heterocycles. The highest BCUT2D eigenvalue weighted by molar-refractivity contribution is 7.99. The highest BCUT2D eigenvalue weighted by Crippen LogP contribution is 2.17. The number of aromatic amines is 1. The van der Waals surface area contributed by atoms with Crippen molar-refractivity contribution in [2.24, 2.45) is 0 Å². The van der Waals surface area contributed by atoms with Gasteiger partial charge in [0.05, 0.1) is 5.75 Å². The summed E-state index contributed by atoms with van der Waals surface area (Å²) in [5.41, 5.74) is 8.71. The van der Waals surface area contributed by atoms with Gasteiger partial charge in [0.1, 0.15) is 5.69 Å². The Labute approximate surface area is 183 Å². The highest BCUT2D eigenvalue weighted by atomic mass is 32.2. The minimum Gasteiger partial charge on any atom is -0.382 e. The molecule has 2 aromatic carbocycles. The molecule has 9 heteroatoms. The van der Waals surface area contributed by atoms with E-state index in [0.29, 0.717) is 12.1 Å². The molecule has 8 nitrogen and oxygen atoms in total. The number of H-pyrrole nitrogens is 1. The van der Waals surface area contributed by atoms with Crippen molar-refractivity contribution in [2.75, 3.05) is 16.8 Å². The number of nitrogens with two attached hydrogens (primary N) is 1. The number of benzene rings is 2. The predicted molar refractivity (Wildman–Crippen MR) is 122 cm³/mol. The van der Waals surface area contributed by atoms with E-state index in [-0.39, 0.29) is 28.3 Å². The maximum atomic E-state index is 12.4. The fraction of sp³-hybridized carbons (Fsp3) is 0.182. The van der Waals surface area contributed by atoms with Gasteiger partial charge in [0.25, 0.3) is 11.5 Å². The average molecular weight is 438 g/mol. The molecule has 0 aliphatic heterocycles. The van der Waals surface area contributed by atoms with Crippen LogP contribution in [0.3, 0.4) is 0 Å². The van der Waals surface area contributed by atoms with Gasteiger partial charge in [0, 0.05) is 12.1 Å². The Morgan fingerprint density at radius 3 is 2.26 bits per heavy atom. The van der Waals surface area contributed by atoms with Crippen molar-refractivity contribution in [3.05, 3.63) is 81.1 Å². The standard InChI is InChI=1S/C22H23N5O3S/c1-13-3-7-15(8-4-13)11-24-17(28)12-31-22-26-19(23)18(21(30)27-22)25-20(29)16-9-5-14(2)6-10-16/h3-10H,11-12H2,1-2H3,(H,24,28)(H,25,29)(H3,23,26,27,30). The van der Waals surface area contributed by atoms with Gasteiger partial charge in [0.15, 0.2) is 11.0 Å². The minimum absolute atomic E-state index is 0.0588. The van der Waals surface area contributed by atoms with Crippen LogP contribution in [0.25, 0.3) is 0 Å². The summed E-state index contributed by atoms with van der Waals surface area (Å²) in [6.07, 6.45) is 0. The maximum Gasteiger partial charge on any atom is 0.277 e. The first-order valence-electron chi connectivity index (χ1n) is 9.54. The van der Waals surface area contributed by atoms with Crippen molar-refractivity contribution in [3.8, 4) is 0 Å². The lowest BCUT2D eigenvalue weighted by molar-refractivity contribution is -0.118. The third-order valence-electron chi connectivity index (χ3n) is 4.43. The molecule has 0 saturated carbocycles. The summed E-state index contributed by atoms with van der Waals surface area (Å²) >= 11 is 1.05. The van der Waals surface area contributed by atoms with Gasteiger partial charge in [-0.2, -0.15) is 0 Å². The Kier molecular flexibility index (Phi) is 7.09. The minimum atomic E-state index is -0.587. The van der Waals surface area contributed by atoms with Crippen LogP contribution in [0.4, 0.5) is 11.5 Å². The Morgan fingerprint density at radius 2 is 1.65 bits per heavy atom. The Bertz CT molecular complexity index is 1140. The first-order chi connectivity index (χ1) is 14.8. The lowest BCUT2D eigenvalue weighted by Gasteiger charge is -2.09. The van der Waals surface area contributed by atoms with E-state index in [1.54, 1.807) is 24.3 Å². The van der Waals surface area contributed by atoms with Crippen LogP contribution in [0, 0.1) is 13.8 Å². The number of anilines is 2. The van der Waals surface area contributed by atoms with E-state index in [9.17, 15) is 14.4 Å². The van der Waals surface area contributed by atoms with Gasteiger partial charge in [-0.1, -0.05) is 59.3 Å². The summed E-state index contributed by atoms with van der Waals surface area (Å²) in [6, 6.07) is 14.8. The Balaban J connectivity index is 1.57. The Hall–Kier alpha value is -3.59. The van der Waals surface area contributed by atoms with Gasteiger partial charge in [-0.3, -0.25) is 19.4 Å². The summed E-state index contributed by atoms with van der Waals surface area (Å²) in [4.78, 5) is 43.4. The predicted octanol–water partition coefficient (Wildman–Crippen LogP) is 2.63. The second-order valence-corrected chi connectivity index (χ2v) is 7.97. The SMILES string of the molecule is Cc1ccc(CNC(=O)CSc2nc(N)c(NC(=O)c3ccc(C)cc3)c(=O)[nH]2)cc1. The number of nitrogens with zero attached hydrogens (tertiary/aromatic N) is 1. The molecule has 2 amide bonds.